The summed E-state index contributed by atoms with van der Waals surface area (Å²) in [5.74, 6) is 0. The van der Waals surface area contributed by atoms with Gasteiger partial charge in [-0.2, -0.15) is 0 Å². The van der Waals surface area contributed by atoms with Gasteiger partial charge in [-0.15, -0.1) is 24.8 Å². The van der Waals surface area contributed by atoms with E-state index in [2.05, 4.69) is 169 Å². The Bertz CT molecular complexity index is 2250. The molecule has 8 rings (SSSR count). The third-order valence-corrected chi connectivity index (χ3v) is 34.7. The molecule has 2 fully saturated rings. The minimum Gasteiger partial charge on any atom is -0.147 e. The summed E-state index contributed by atoms with van der Waals surface area (Å²) >= 11 is -4.06. The van der Waals surface area contributed by atoms with Gasteiger partial charge >= 0.3 is 384 Å². The molecule has 4 aromatic carbocycles. The van der Waals surface area contributed by atoms with E-state index in [9.17, 15) is 0 Å². The summed E-state index contributed by atoms with van der Waals surface area (Å²) < 4.78 is 6.91. The smallest absolute Gasteiger partial charge is 0.147 e. The molecule has 4 aromatic rings. The first-order chi connectivity index (χ1) is 29.4. The zero-order valence-corrected chi connectivity index (χ0v) is 47.2. The van der Waals surface area contributed by atoms with Crippen LogP contribution >= 0.6 is 24.8 Å². The molecule has 0 bridgehead atoms. The van der Waals surface area contributed by atoms with Crippen LogP contribution in [0.25, 0.3) is 34.4 Å². The maximum absolute atomic E-state index is 4.06. The molecule has 346 valence electrons. The van der Waals surface area contributed by atoms with E-state index in [1.807, 2.05) is 0 Å². The molecule has 0 saturated heterocycles. The normalized spacial score (nSPS) is 21.0. The Kier molecular flexibility index (Phi) is 15.7. The van der Waals surface area contributed by atoms with Crippen molar-refractivity contribution in [3.8, 4) is 22.3 Å². The van der Waals surface area contributed by atoms with E-state index in [-0.39, 0.29) is 35.6 Å². The zero-order chi connectivity index (χ0) is 44.2. The summed E-state index contributed by atoms with van der Waals surface area (Å²) in [6.45, 7) is 22.1. The fourth-order valence-electron chi connectivity index (χ4n) is 14.0. The molecule has 0 amide bonds. The topological polar surface area (TPSA) is 0 Å². The van der Waals surface area contributed by atoms with Gasteiger partial charge in [0, 0.05) is 0 Å². The second-order valence-electron chi connectivity index (χ2n) is 24.3. The maximum Gasteiger partial charge on any atom is -0.147 e. The van der Waals surface area contributed by atoms with Crippen molar-refractivity contribution in [3.63, 3.8) is 0 Å². The van der Waals surface area contributed by atoms with Crippen molar-refractivity contribution in [2.75, 3.05) is 0 Å². The number of benzene rings is 4. The van der Waals surface area contributed by atoms with Crippen LogP contribution in [0.4, 0.5) is 0 Å². The SMILES string of the molecule is CCC1(CC2=Cc3c(-c4ccccc4C(C)(C)C)cccc3[CH]2[Zr]([CH3])([CH3])(=[SiH2])[CH]2C(CC3(CC)CCCCCC3)=Cc3c(-c4ccccc4C(C)(C)C)cccc32)CCCCCC1.Cl.Cl. The zero-order valence-electron chi connectivity index (χ0n) is 41.7. The quantitative estimate of drug-likeness (QED) is 0.110. The molecule has 2 saturated carbocycles. The van der Waals surface area contributed by atoms with Crippen molar-refractivity contribution < 1.29 is 17.4 Å². The van der Waals surface area contributed by atoms with E-state index in [0.29, 0.717) is 18.1 Å². The van der Waals surface area contributed by atoms with Crippen molar-refractivity contribution in [2.24, 2.45) is 10.8 Å². The van der Waals surface area contributed by atoms with Crippen LogP contribution in [-0.4, -0.2) is 6.88 Å². The predicted molar refractivity (Wildman–Crippen MR) is 287 cm³/mol. The van der Waals surface area contributed by atoms with Gasteiger partial charge in [-0.25, -0.2) is 0 Å². The van der Waals surface area contributed by atoms with Crippen LogP contribution in [0, 0.1) is 10.8 Å². The van der Waals surface area contributed by atoms with E-state index in [4.69, 9.17) is 0 Å². The first kappa shape index (κ1) is 51.4. The van der Waals surface area contributed by atoms with E-state index in [0.717, 1.165) is 0 Å². The second-order valence-corrected chi connectivity index (χ2v) is 54.8. The first-order valence-corrected chi connectivity index (χ1v) is 39.0. The van der Waals surface area contributed by atoms with Gasteiger partial charge in [-0.1, -0.05) is 0 Å². The molecule has 0 spiro atoms. The molecular weight excluding hydrogens is 911 g/mol. The van der Waals surface area contributed by atoms with Gasteiger partial charge in [-0.3, -0.25) is 0 Å². The van der Waals surface area contributed by atoms with Gasteiger partial charge in [0.1, 0.15) is 0 Å². The molecule has 0 nitrogen and oxygen atoms in total. The summed E-state index contributed by atoms with van der Waals surface area (Å²) in [6, 6.07) is 33.8. The molecule has 4 aliphatic rings. The van der Waals surface area contributed by atoms with E-state index < -0.39 is 17.4 Å². The van der Waals surface area contributed by atoms with Crippen LogP contribution < -0.4 is 0 Å². The van der Waals surface area contributed by atoms with Gasteiger partial charge in [0.15, 0.2) is 0 Å². The fourth-order valence-corrected chi connectivity index (χ4v) is 33.7. The van der Waals surface area contributed by atoms with Crippen molar-refractivity contribution in [3.05, 3.63) is 129 Å². The number of halogens is 2. The van der Waals surface area contributed by atoms with Gasteiger partial charge in [0.05, 0.1) is 0 Å². The summed E-state index contributed by atoms with van der Waals surface area (Å²) in [6.07, 6.45) is 27.5. The molecule has 0 heterocycles. The first-order valence-electron chi connectivity index (χ1n) is 25.3. The van der Waals surface area contributed by atoms with Crippen LogP contribution in [0.1, 0.15) is 199 Å². The van der Waals surface area contributed by atoms with Crippen molar-refractivity contribution in [1.82, 2.24) is 0 Å². The Hall–Kier alpha value is -1.96. The number of hydrogen-bond acceptors (Lipinski definition) is 0. The van der Waals surface area contributed by atoms with E-state index >= 15 is 0 Å². The van der Waals surface area contributed by atoms with Gasteiger partial charge in [-0.05, 0) is 0 Å². The molecule has 0 aliphatic heterocycles. The number of fused-ring (bicyclic) bond motifs is 2. The number of rotatable bonds is 10. The Morgan fingerprint density at radius 3 is 1.14 bits per heavy atom. The van der Waals surface area contributed by atoms with E-state index in [1.54, 1.807) is 33.4 Å². The molecule has 2 unspecified atom stereocenters. The van der Waals surface area contributed by atoms with Crippen LogP contribution in [0.5, 0.6) is 0 Å². The largest absolute Gasteiger partial charge is 0.147 e. The molecule has 2 atom stereocenters. The van der Waals surface area contributed by atoms with E-state index in [1.165, 1.54) is 136 Å². The molecule has 0 aromatic heterocycles. The summed E-state index contributed by atoms with van der Waals surface area (Å²) in [7, 11) is 0. The van der Waals surface area contributed by atoms with Gasteiger partial charge in [0.25, 0.3) is 0 Å². The minimum atomic E-state index is -4.06. The van der Waals surface area contributed by atoms with Crippen molar-refractivity contribution in [2.45, 2.75) is 185 Å². The van der Waals surface area contributed by atoms with Crippen molar-refractivity contribution >= 4 is 43.8 Å². The van der Waals surface area contributed by atoms with Gasteiger partial charge < -0.3 is 0 Å². The van der Waals surface area contributed by atoms with Crippen LogP contribution in [-0.2, 0) is 28.2 Å². The molecule has 4 heteroatoms. The Labute approximate surface area is 406 Å². The predicted octanol–water partition coefficient (Wildman–Crippen LogP) is 18.7. The maximum atomic E-state index is 2.95. The molecule has 4 aliphatic carbocycles. The monoisotopic (exact) mass is 992 g/mol. The number of hydrogen-bond donors (Lipinski definition) is 0. The number of allylic oxidation sites excluding steroid dienone is 2. The fraction of sp³-hybridized carbons (Fsp3) is 0.533. The second kappa shape index (κ2) is 19.6. The van der Waals surface area contributed by atoms with Crippen LogP contribution in [0.2, 0.25) is 9.26 Å². The summed E-state index contributed by atoms with van der Waals surface area (Å²) in [5, 5.41) is 0. The Morgan fingerprint density at radius 1 is 0.484 bits per heavy atom. The van der Waals surface area contributed by atoms with Crippen molar-refractivity contribution in [1.29, 1.82) is 0 Å². The third kappa shape index (κ3) is 9.81. The Morgan fingerprint density at radius 2 is 0.812 bits per heavy atom. The van der Waals surface area contributed by atoms with Gasteiger partial charge in [0.2, 0.25) is 0 Å². The van der Waals surface area contributed by atoms with Crippen LogP contribution in [0.3, 0.4) is 0 Å². The third-order valence-electron chi connectivity index (χ3n) is 17.2. The summed E-state index contributed by atoms with van der Waals surface area (Å²) in [5.41, 5.74) is 19.6. The molecule has 64 heavy (non-hydrogen) atoms. The summed E-state index contributed by atoms with van der Waals surface area (Å²) in [4.78, 5) is 0. The molecule has 0 radical (unpaired) electrons. The molecule has 0 N–H and O–H groups in total. The Balaban J connectivity index is 0.00000340. The standard InChI is InChI=1S/2C29H37.2CH3.2ClH.H2Si.Zr/c2*1-5-29(17-10-6-7-11-18-29)21-22-19-23-13-12-15-24(26(23)20-22)25-14-8-9-16-27(25)28(2,3)4;;;;;;/h2*8-9,12-16,19-20H,5-7,10-11,17-18,21H2,1-4H3;2*1H3;2*1H;1H2;. The average molecular weight is 996 g/mol. The van der Waals surface area contributed by atoms with Crippen LogP contribution in [0.15, 0.2) is 96.1 Å². The minimum absolute atomic E-state index is 0. The average Bonchev–Trinajstić information content (AvgIpc) is 3.60. The molecular formula is C60H84Cl2SiZr.